The number of hydrogen-bond donors (Lipinski definition) is 1. The minimum absolute atomic E-state index is 0.513. The Morgan fingerprint density at radius 3 is 2.45 bits per heavy atom. The van der Waals surface area contributed by atoms with Crippen LogP contribution < -0.4 is 0 Å². The van der Waals surface area contributed by atoms with E-state index in [4.69, 9.17) is 4.98 Å². The zero-order valence-electron chi connectivity index (χ0n) is 15.7. The summed E-state index contributed by atoms with van der Waals surface area (Å²) in [6.07, 6.45) is 3.83. The van der Waals surface area contributed by atoms with Crippen LogP contribution in [0.1, 0.15) is 5.82 Å². The SMILES string of the molecule is C[S+]([O-])CCc1nc2nc[nH]c2c2nc(-c3ccc(-c4ccccc4)cc3)nn12. The quantitative estimate of drug-likeness (QED) is 0.455. The summed E-state index contributed by atoms with van der Waals surface area (Å²) < 4.78 is 13.3. The van der Waals surface area contributed by atoms with E-state index >= 15 is 0 Å². The van der Waals surface area contributed by atoms with E-state index in [9.17, 15) is 4.55 Å². The zero-order chi connectivity index (χ0) is 19.8. The number of imidazole rings is 1. The first-order valence-electron chi connectivity index (χ1n) is 9.23. The van der Waals surface area contributed by atoms with E-state index < -0.39 is 11.2 Å². The lowest BCUT2D eigenvalue weighted by atomic mass is 10.0. The molecule has 0 amide bonds. The number of fused-ring (bicyclic) bond motifs is 3. The van der Waals surface area contributed by atoms with Gasteiger partial charge in [-0.2, -0.15) is 4.52 Å². The molecule has 0 aliphatic carbocycles. The van der Waals surface area contributed by atoms with E-state index in [1.807, 2.05) is 30.3 Å². The highest BCUT2D eigenvalue weighted by atomic mass is 32.2. The molecule has 29 heavy (non-hydrogen) atoms. The number of nitrogens with one attached hydrogen (secondary N) is 1. The third-order valence-corrected chi connectivity index (χ3v) is 5.57. The van der Waals surface area contributed by atoms with E-state index in [2.05, 4.69) is 44.3 Å². The second-order valence-electron chi connectivity index (χ2n) is 6.77. The van der Waals surface area contributed by atoms with Crippen LogP contribution in [-0.4, -0.2) is 46.1 Å². The van der Waals surface area contributed by atoms with E-state index in [0.29, 0.717) is 35.1 Å². The van der Waals surface area contributed by atoms with Gasteiger partial charge in [0.25, 0.3) is 0 Å². The van der Waals surface area contributed by atoms with E-state index in [1.165, 1.54) is 5.56 Å². The van der Waals surface area contributed by atoms with Gasteiger partial charge in [-0.3, -0.25) is 0 Å². The van der Waals surface area contributed by atoms with Gasteiger partial charge in [0.2, 0.25) is 0 Å². The molecule has 0 fully saturated rings. The van der Waals surface area contributed by atoms with Crippen molar-refractivity contribution < 1.29 is 4.55 Å². The molecular formula is C21H18N6OS. The minimum Gasteiger partial charge on any atom is -0.617 e. The third kappa shape index (κ3) is 3.37. The van der Waals surface area contributed by atoms with Crippen molar-refractivity contribution >= 4 is 28.0 Å². The highest BCUT2D eigenvalue weighted by molar-refractivity contribution is 7.90. The van der Waals surface area contributed by atoms with E-state index in [0.717, 1.165) is 16.6 Å². The summed E-state index contributed by atoms with van der Waals surface area (Å²) in [6, 6.07) is 18.4. The van der Waals surface area contributed by atoms with Crippen molar-refractivity contribution in [3.05, 3.63) is 66.7 Å². The second kappa shape index (κ2) is 7.31. The fourth-order valence-electron chi connectivity index (χ4n) is 3.32. The maximum Gasteiger partial charge on any atom is 0.185 e. The fourth-order valence-corrected chi connectivity index (χ4v) is 3.79. The zero-order valence-corrected chi connectivity index (χ0v) is 16.6. The molecule has 0 saturated carbocycles. The summed E-state index contributed by atoms with van der Waals surface area (Å²) in [5, 5.41) is 4.69. The summed E-state index contributed by atoms with van der Waals surface area (Å²) in [4.78, 5) is 16.7. The third-order valence-electron chi connectivity index (χ3n) is 4.79. The van der Waals surface area contributed by atoms with Crippen molar-refractivity contribution in [1.29, 1.82) is 0 Å². The standard InChI is InChI=1S/C21H18N6OS/c1-29(28)12-11-17-24-20-18(22-13-23-20)21-25-19(26-27(17)21)16-9-7-15(8-10-16)14-5-3-2-4-6-14/h2-10,13H,11-12H2,1H3,(H,22,23). The van der Waals surface area contributed by atoms with Gasteiger partial charge in [-0.25, -0.2) is 15.0 Å². The van der Waals surface area contributed by atoms with Gasteiger partial charge in [0.05, 0.1) is 19.0 Å². The summed E-state index contributed by atoms with van der Waals surface area (Å²) in [5.74, 6) is 1.83. The molecule has 0 saturated heterocycles. The Morgan fingerprint density at radius 1 is 0.966 bits per heavy atom. The maximum absolute atomic E-state index is 11.6. The molecule has 5 aromatic rings. The molecule has 8 heteroatoms. The largest absolute Gasteiger partial charge is 0.617 e. The maximum atomic E-state index is 11.6. The molecule has 0 radical (unpaired) electrons. The Bertz CT molecular complexity index is 1280. The number of rotatable bonds is 5. The first kappa shape index (κ1) is 17.8. The van der Waals surface area contributed by atoms with Gasteiger partial charge in [0.15, 0.2) is 17.1 Å². The van der Waals surface area contributed by atoms with E-state index in [-0.39, 0.29) is 0 Å². The van der Waals surface area contributed by atoms with Crippen LogP contribution in [0.2, 0.25) is 0 Å². The fraction of sp³-hybridized carbons (Fsp3) is 0.143. The summed E-state index contributed by atoms with van der Waals surface area (Å²) in [5.41, 5.74) is 5.23. The second-order valence-corrected chi connectivity index (χ2v) is 8.33. The lowest BCUT2D eigenvalue weighted by molar-refractivity contribution is 0.599. The first-order chi connectivity index (χ1) is 14.2. The van der Waals surface area contributed by atoms with Gasteiger partial charge < -0.3 is 9.54 Å². The normalized spacial score (nSPS) is 12.6. The van der Waals surface area contributed by atoms with Gasteiger partial charge in [0.1, 0.15) is 17.1 Å². The van der Waals surface area contributed by atoms with Crippen molar-refractivity contribution in [3.8, 4) is 22.5 Å². The molecule has 1 N–H and O–H groups in total. The van der Waals surface area contributed by atoms with Gasteiger partial charge in [-0.1, -0.05) is 65.8 Å². The number of aromatic nitrogens is 6. The van der Waals surface area contributed by atoms with Crippen LogP contribution in [0, 0.1) is 0 Å². The first-order valence-corrected chi connectivity index (χ1v) is 11.0. The van der Waals surface area contributed by atoms with Crippen LogP contribution >= 0.6 is 0 Å². The number of hydrogen-bond acceptors (Lipinski definition) is 5. The van der Waals surface area contributed by atoms with Crippen LogP contribution in [0.3, 0.4) is 0 Å². The number of benzene rings is 2. The van der Waals surface area contributed by atoms with Gasteiger partial charge in [-0.15, -0.1) is 5.10 Å². The molecule has 3 aromatic heterocycles. The van der Waals surface area contributed by atoms with Crippen LogP contribution in [0.25, 0.3) is 39.3 Å². The summed E-state index contributed by atoms with van der Waals surface area (Å²) in [6.45, 7) is 0. The molecule has 1 unspecified atom stereocenters. The number of nitrogens with zero attached hydrogens (tertiary/aromatic N) is 5. The van der Waals surface area contributed by atoms with Gasteiger partial charge in [0, 0.05) is 5.56 Å². The lowest BCUT2D eigenvalue weighted by Crippen LogP contribution is -2.11. The molecule has 0 spiro atoms. The Kier molecular flexibility index (Phi) is 4.49. The van der Waals surface area contributed by atoms with Gasteiger partial charge in [-0.05, 0) is 11.1 Å². The highest BCUT2D eigenvalue weighted by Crippen LogP contribution is 2.25. The molecule has 5 rings (SSSR count). The van der Waals surface area contributed by atoms with E-state index in [1.54, 1.807) is 17.1 Å². The Labute approximate surface area is 170 Å². The monoisotopic (exact) mass is 402 g/mol. The smallest absolute Gasteiger partial charge is 0.185 e. The lowest BCUT2D eigenvalue weighted by Gasteiger charge is -2.05. The van der Waals surface area contributed by atoms with Crippen molar-refractivity contribution in [2.75, 3.05) is 12.0 Å². The predicted molar refractivity (Wildman–Crippen MR) is 114 cm³/mol. The molecule has 144 valence electrons. The Morgan fingerprint density at radius 2 is 1.69 bits per heavy atom. The van der Waals surface area contributed by atoms with Crippen molar-refractivity contribution in [2.24, 2.45) is 0 Å². The van der Waals surface area contributed by atoms with Crippen LogP contribution in [-0.2, 0) is 17.6 Å². The van der Waals surface area contributed by atoms with Crippen LogP contribution in [0.15, 0.2) is 60.9 Å². The van der Waals surface area contributed by atoms with Gasteiger partial charge >= 0.3 is 0 Å². The number of aromatic amines is 1. The molecule has 0 aliphatic heterocycles. The number of H-pyrrole nitrogens is 1. The minimum atomic E-state index is -0.913. The topological polar surface area (TPSA) is 94.8 Å². The Balaban J connectivity index is 1.58. The molecule has 7 nitrogen and oxygen atoms in total. The van der Waals surface area contributed by atoms with Crippen LogP contribution in [0.4, 0.5) is 0 Å². The highest BCUT2D eigenvalue weighted by Gasteiger charge is 2.17. The molecule has 1 atom stereocenters. The van der Waals surface area contributed by atoms with Crippen molar-refractivity contribution in [3.63, 3.8) is 0 Å². The molecule has 3 heterocycles. The molecular weight excluding hydrogens is 384 g/mol. The van der Waals surface area contributed by atoms with Crippen molar-refractivity contribution in [2.45, 2.75) is 6.42 Å². The molecule has 0 bridgehead atoms. The summed E-state index contributed by atoms with van der Waals surface area (Å²) in [7, 11) is 0. The van der Waals surface area contributed by atoms with Crippen LogP contribution in [0.5, 0.6) is 0 Å². The Hall–Kier alpha value is -3.23. The summed E-state index contributed by atoms with van der Waals surface area (Å²) >= 11 is -0.913. The number of aryl methyl sites for hydroxylation is 1. The van der Waals surface area contributed by atoms with Crippen molar-refractivity contribution in [1.82, 2.24) is 29.5 Å². The molecule has 0 aliphatic rings. The molecule has 2 aromatic carbocycles. The predicted octanol–water partition coefficient (Wildman–Crippen LogP) is 3.26. The average Bonchev–Trinajstić information content (AvgIpc) is 3.39. The average molecular weight is 402 g/mol.